The molecular weight excluding hydrogens is 476 g/mol. The molecule has 8 heteroatoms. The number of Topliss-reactive ketones (excluding diaryl/α,β-unsaturated/α-hetero) is 1. The standard InChI is InChI=1S/C28H22N2O5S/c1-2-16-8-10-19-22(14-16)36-28(29-19)30-24(17-6-4-3-5-7-17)23(26(32)27(30)33)25(31)18-9-11-20-21(15-18)35-13-12-34-20/h3-11,14-15,24,31H,2,12-13H2,1H3/b25-23+. The number of fused-ring (bicyclic) bond motifs is 2. The number of aromatic nitrogens is 1. The fourth-order valence-electron chi connectivity index (χ4n) is 4.61. The highest BCUT2D eigenvalue weighted by Crippen LogP contribution is 2.45. The third kappa shape index (κ3) is 3.61. The first-order valence-corrected chi connectivity index (χ1v) is 12.5. The van der Waals surface area contributed by atoms with Gasteiger partial charge in [-0.1, -0.05) is 54.7 Å². The number of aliphatic hydroxyl groups is 1. The number of benzene rings is 3. The van der Waals surface area contributed by atoms with Crippen LogP contribution in [0.4, 0.5) is 5.13 Å². The molecule has 1 atom stereocenters. The van der Waals surface area contributed by atoms with Crippen LogP contribution in [0.2, 0.25) is 0 Å². The minimum atomic E-state index is -0.828. The molecule has 7 nitrogen and oxygen atoms in total. The monoisotopic (exact) mass is 498 g/mol. The summed E-state index contributed by atoms with van der Waals surface area (Å²) in [5, 5.41) is 11.8. The maximum absolute atomic E-state index is 13.4. The van der Waals surface area contributed by atoms with E-state index in [4.69, 9.17) is 9.47 Å². The summed E-state index contributed by atoms with van der Waals surface area (Å²) in [6.45, 7) is 2.91. The average molecular weight is 499 g/mol. The molecule has 1 fully saturated rings. The van der Waals surface area contributed by atoms with E-state index in [1.807, 2.05) is 42.5 Å². The summed E-state index contributed by atoms with van der Waals surface area (Å²) in [6.07, 6.45) is 0.882. The molecule has 36 heavy (non-hydrogen) atoms. The molecule has 3 heterocycles. The lowest BCUT2D eigenvalue weighted by atomic mass is 9.95. The van der Waals surface area contributed by atoms with E-state index in [2.05, 4.69) is 18.0 Å². The number of hydrogen-bond acceptors (Lipinski definition) is 7. The summed E-state index contributed by atoms with van der Waals surface area (Å²) in [6, 6.07) is 19.4. The first-order valence-electron chi connectivity index (χ1n) is 11.7. The molecule has 3 aromatic carbocycles. The Morgan fingerprint density at radius 3 is 2.58 bits per heavy atom. The van der Waals surface area contributed by atoms with E-state index in [0.717, 1.165) is 22.2 Å². The normalized spacial score (nSPS) is 18.7. The molecule has 180 valence electrons. The number of aryl methyl sites for hydroxylation is 1. The minimum Gasteiger partial charge on any atom is -0.507 e. The molecule has 6 rings (SSSR count). The predicted octanol–water partition coefficient (Wildman–Crippen LogP) is 5.26. The molecule has 1 aromatic heterocycles. The summed E-state index contributed by atoms with van der Waals surface area (Å²) >= 11 is 1.36. The fourth-order valence-corrected chi connectivity index (χ4v) is 5.66. The Kier molecular flexibility index (Phi) is 5.45. The molecule has 1 saturated heterocycles. The van der Waals surface area contributed by atoms with Gasteiger partial charge < -0.3 is 14.6 Å². The van der Waals surface area contributed by atoms with Gasteiger partial charge in [-0.25, -0.2) is 4.98 Å². The molecule has 1 amide bonds. The van der Waals surface area contributed by atoms with Crippen LogP contribution in [0.15, 0.2) is 72.3 Å². The van der Waals surface area contributed by atoms with E-state index in [-0.39, 0.29) is 11.3 Å². The molecule has 0 saturated carbocycles. The van der Waals surface area contributed by atoms with Gasteiger partial charge in [0.15, 0.2) is 16.6 Å². The van der Waals surface area contributed by atoms with Gasteiger partial charge in [0.1, 0.15) is 19.0 Å². The summed E-state index contributed by atoms with van der Waals surface area (Å²) in [5.74, 6) is -0.703. The molecule has 0 bridgehead atoms. The third-order valence-electron chi connectivity index (χ3n) is 6.43. The predicted molar refractivity (Wildman–Crippen MR) is 138 cm³/mol. The number of thiazole rings is 1. The van der Waals surface area contributed by atoms with Crippen LogP contribution in [0, 0.1) is 0 Å². The topological polar surface area (TPSA) is 89.0 Å². The van der Waals surface area contributed by atoms with Gasteiger partial charge in [-0.2, -0.15) is 0 Å². The van der Waals surface area contributed by atoms with Crippen molar-refractivity contribution in [3.05, 3.63) is 89.0 Å². The molecule has 1 N–H and O–H groups in total. The van der Waals surface area contributed by atoms with Gasteiger partial charge in [-0.3, -0.25) is 14.5 Å². The van der Waals surface area contributed by atoms with Gasteiger partial charge in [-0.15, -0.1) is 0 Å². The van der Waals surface area contributed by atoms with Crippen LogP contribution in [0.5, 0.6) is 11.5 Å². The molecule has 2 aliphatic rings. The number of rotatable bonds is 4. The zero-order valence-electron chi connectivity index (χ0n) is 19.4. The second-order valence-electron chi connectivity index (χ2n) is 8.59. The number of hydrogen-bond donors (Lipinski definition) is 1. The van der Waals surface area contributed by atoms with Crippen molar-refractivity contribution in [3.63, 3.8) is 0 Å². The number of ether oxygens (including phenoxy) is 2. The van der Waals surface area contributed by atoms with E-state index in [1.54, 1.807) is 18.2 Å². The van der Waals surface area contributed by atoms with Crippen LogP contribution in [0.25, 0.3) is 16.0 Å². The number of carbonyl (C=O) groups excluding carboxylic acids is 2. The highest BCUT2D eigenvalue weighted by atomic mass is 32.1. The van der Waals surface area contributed by atoms with Crippen LogP contribution in [-0.2, 0) is 16.0 Å². The van der Waals surface area contributed by atoms with Crippen LogP contribution < -0.4 is 14.4 Å². The van der Waals surface area contributed by atoms with Crippen molar-refractivity contribution in [2.75, 3.05) is 18.1 Å². The highest BCUT2D eigenvalue weighted by molar-refractivity contribution is 7.22. The smallest absolute Gasteiger partial charge is 0.301 e. The SMILES string of the molecule is CCc1ccc2nc(N3C(=O)C(=O)/C(=C(/O)c4ccc5c(c4)OCCO5)C3c3ccccc3)sc2c1. The second kappa shape index (κ2) is 8.80. The number of ketones is 1. The van der Waals surface area contributed by atoms with Crippen LogP contribution in [-0.4, -0.2) is 35.0 Å². The molecule has 4 aromatic rings. The molecule has 0 radical (unpaired) electrons. The van der Waals surface area contributed by atoms with Crippen LogP contribution in [0.3, 0.4) is 0 Å². The zero-order valence-corrected chi connectivity index (χ0v) is 20.2. The number of carbonyl (C=O) groups is 2. The van der Waals surface area contributed by atoms with Crippen molar-refractivity contribution < 1.29 is 24.2 Å². The molecule has 0 aliphatic carbocycles. The Morgan fingerprint density at radius 2 is 1.81 bits per heavy atom. The number of aliphatic hydroxyl groups excluding tert-OH is 1. The summed E-state index contributed by atoms with van der Waals surface area (Å²) in [4.78, 5) is 32.9. The first-order chi connectivity index (χ1) is 17.5. The molecular formula is C28H22N2O5S. The van der Waals surface area contributed by atoms with Crippen molar-refractivity contribution >= 4 is 44.1 Å². The average Bonchev–Trinajstić information content (AvgIpc) is 3.46. The Morgan fingerprint density at radius 1 is 1.03 bits per heavy atom. The minimum absolute atomic E-state index is 0.0105. The molecule has 1 unspecified atom stereocenters. The summed E-state index contributed by atoms with van der Waals surface area (Å²) in [7, 11) is 0. The Labute approximate surface area is 211 Å². The second-order valence-corrected chi connectivity index (χ2v) is 9.60. The largest absolute Gasteiger partial charge is 0.507 e. The van der Waals surface area contributed by atoms with Gasteiger partial charge in [0.25, 0.3) is 5.78 Å². The van der Waals surface area contributed by atoms with Gasteiger partial charge in [0.2, 0.25) is 0 Å². The van der Waals surface area contributed by atoms with E-state index in [9.17, 15) is 14.7 Å². The maximum Gasteiger partial charge on any atom is 0.301 e. The summed E-state index contributed by atoms with van der Waals surface area (Å²) in [5.41, 5.74) is 3.00. The van der Waals surface area contributed by atoms with E-state index >= 15 is 0 Å². The van der Waals surface area contributed by atoms with Crippen molar-refractivity contribution in [1.82, 2.24) is 4.98 Å². The van der Waals surface area contributed by atoms with Gasteiger partial charge in [-0.05, 0) is 47.9 Å². The number of anilines is 1. The Hall–Kier alpha value is -4.17. The number of nitrogens with zero attached hydrogens (tertiary/aromatic N) is 2. The van der Waals surface area contributed by atoms with Gasteiger partial charge in [0, 0.05) is 5.56 Å². The van der Waals surface area contributed by atoms with Crippen molar-refractivity contribution in [1.29, 1.82) is 0 Å². The van der Waals surface area contributed by atoms with Crippen molar-refractivity contribution in [2.24, 2.45) is 0 Å². The number of amides is 1. The van der Waals surface area contributed by atoms with E-state index in [1.165, 1.54) is 16.2 Å². The Bertz CT molecular complexity index is 1540. The third-order valence-corrected chi connectivity index (χ3v) is 7.45. The summed E-state index contributed by atoms with van der Waals surface area (Å²) < 4.78 is 12.2. The lowest BCUT2D eigenvalue weighted by Gasteiger charge is -2.23. The lowest BCUT2D eigenvalue weighted by Crippen LogP contribution is -2.29. The lowest BCUT2D eigenvalue weighted by molar-refractivity contribution is -0.132. The quantitative estimate of drug-likeness (QED) is 0.235. The van der Waals surface area contributed by atoms with Crippen molar-refractivity contribution in [3.8, 4) is 11.5 Å². The van der Waals surface area contributed by atoms with Gasteiger partial charge in [0.05, 0.1) is 21.8 Å². The Balaban J connectivity index is 1.52. The van der Waals surface area contributed by atoms with Crippen molar-refractivity contribution in [2.45, 2.75) is 19.4 Å². The molecule has 0 spiro atoms. The first kappa shape index (κ1) is 22.3. The fraction of sp³-hybridized carbons (Fsp3) is 0.179. The maximum atomic E-state index is 13.4. The van der Waals surface area contributed by atoms with Crippen LogP contribution >= 0.6 is 11.3 Å². The molecule has 2 aliphatic heterocycles. The zero-order chi connectivity index (χ0) is 24.8. The van der Waals surface area contributed by atoms with Crippen LogP contribution in [0.1, 0.15) is 29.7 Å². The van der Waals surface area contributed by atoms with E-state index in [0.29, 0.717) is 41.0 Å². The van der Waals surface area contributed by atoms with E-state index < -0.39 is 17.7 Å². The highest BCUT2D eigenvalue weighted by Gasteiger charge is 2.48. The van der Waals surface area contributed by atoms with Gasteiger partial charge >= 0.3 is 5.91 Å².